The molecule has 68 heavy (non-hydrogen) atoms. The van der Waals surface area contributed by atoms with Gasteiger partial charge in [0.2, 0.25) is 0 Å². The summed E-state index contributed by atoms with van der Waals surface area (Å²) in [5.74, 6) is 0. The molecule has 2 nitrogen and oxygen atoms in total. The van der Waals surface area contributed by atoms with E-state index in [0.717, 1.165) is 51.0 Å². The van der Waals surface area contributed by atoms with Gasteiger partial charge in [-0.3, -0.25) is 0 Å². The fourth-order valence-corrected chi connectivity index (χ4v) is 12.5. The molecule has 326 valence electrons. The van der Waals surface area contributed by atoms with Crippen LogP contribution >= 0.6 is 0 Å². The first kappa shape index (κ1) is 40.3. The van der Waals surface area contributed by atoms with E-state index in [-0.39, 0.29) is 10.8 Å². The Morgan fingerprint density at radius 1 is 0.382 bits per heavy atom. The molecule has 0 saturated carbocycles. The summed E-state index contributed by atoms with van der Waals surface area (Å²) in [5.41, 5.74) is 20.4. The largest absolute Gasteiger partial charge is 0.454 e. The summed E-state index contributed by atoms with van der Waals surface area (Å²) in [6.45, 7) is 9.73. The van der Waals surface area contributed by atoms with Crippen LogP contribution in [-0.2, 0) is 16.2 Å². The molecule has 1 heterocycles. The number of fused-ring (bicyclic) bond motifs is 8. The van der Waals surface area contributed by atoms with E-state index in [0.29, 0.717) is 0 Å². The molecule has 2 heteroatoms. The van der Waals surface area contributed by atoms with Gasteiger partial charge >= 0.3 is 0 Å². The first-order valence-corrected chi connectivity index (χ1v) is 24.0. The molecule has 0 spiro atoms. The summed E-state index contributed by atoms with van der Waals surface area (Å²) in [4.78, 5) is 2.35. The lowest BCUT2D eigenvalue weighted by atomic mass is 9.67. The summed E-state index contributed by atoms with van der Waals surface area (Å²) < 4.78 is 6.64. The van der Waals surface area contributed by atoms with Crippen molar-refractivity contribution in [2.24, 2.45) is 0 Å². The van der Waals surface area contributed by atoms with Crippen molar-refractivity contribution in [1.82, 2.24) is 0 Å². The second kappa shape index (κ2) is 15.0. The summed E-state index contributed by atoms with van der Waals surface area (Å²) >= 11 is 0. The van der Waals surface area contributed by atoms with E-state index in [1.54, 1.807) is 0 Å². The van der Waals surface area contributed by atoms with Crippen LogP contribution in [0.5, 0.6) is 0 Å². The third-order valence-electron chi connectivity index (χ3n) is 15.3. The number of nitrogens with zero attached hydrogens (tertiary/aromatic N) is 1. The molecule has 0 fully saturated rings. The molecule has 0 saturated heterocycles. The van der Waals surface area contributed by atoms with Crippen LogP contribution in [0, 0.1) is 0 Å². The zero-order valence-corrected chi connectivity index (χ0v) is 38.9. The summed E-state index contributed by atoms with van der Waals surface area (Å²) in [5, 5.41) is 4.60. The quantitative estimate of drug-likeness (QED) is 0.159. The fourth-order valence-electron chi connectivity index (χ4n) is 12.5. The third-order valence-corrected chi connectivity index (χ3v) is 15.3. The Morgan fingerprint density at radius 3 is 1.60 bits per heavy atom. The van der Waals surface area contributed by atoms with Crippen molar-refractivity contribution >= 4 is 49.8 Å². The van der Waals surface area contributed by atoms with E-state index in [1.807, 2.05) is 6.07 Å². The maximum absolute atomic E-state index is 6.64. The molecule has 0 atom stereocenters. The zero-order valence-electron chi connectivity index (χ0n) is 38.9. The minimum absolute atomic E-state index is 0.0786. The molecular formula is C66H51NO. The van der Waals surface area contributed by atoms with Crippen molar-refractivity contribution in [3.8, 4) is 33.4 Å². The molecule has 0 N–H and O–H groups in total. The normalized spacial score (nSPS) is 15.1. The van der Waals surface area contributed by atoms with E-state index < -0.39 is 5.41 Å². The van der Waals surface area contributed by atoms with Crippen LogP contribution < -0.4 is 4.90 Å². The van der Waals surface area contributed by atoms with Crippen LogP contribution in [0.1, 0.15) is 67.5 Å². The van der Waals surface area contributed by atoms with Crippen molar-refractivity contribution in [2.75, 3.05) is 4.90 Å². The fraction of sp³-hybridized carbons (Fsp3) is 0.121. The monoisotopic (exact) mass is 873 g/mol. The van der Waals surface area contributed by atoms with Gasteiger partial charge < -0.3 is 9.32 Å². The molecule has 2 aliphatic carbocycles. The van der Waals surface area contributed by atoms with Gasteiger partial charge in [0, 0.05) is 21.8 Å². The van der Waals surface area contributed by atoms with Crippen molar-refractivity contribution in [3.05, 3.63) is 258 Å². The van der Waals surface area contributed by atoms with Crippen LogP contribution in [0.4, 0.5) is 17.1 Å². The Morgan fingerprint density at radius 2 is 0.897 bits per heavy atom. The van der Waals surface area contributed by atoms with Gasteiger partial charge in [-0.15, -0.1) is 0 Å². The molecule has 10 aromatic carbocycles. The first-order chi connectivity index (χ1) is 33.2. The second-order valence-electron chi connectivity index (χ2n) is 20.3. The number of furan rings is 1. The van der Waals surface area contributed by atoms with Crippen LogP contribution in [0.15, 0.2) is 229 Å². The molecule has 0 amide bonds. The summed E-state index contributed by atoms with van der Waals surface area (Å²) in [6, 6.07) is 82.9. The number of hydrogen-bond donors (Lipinski definition) is 0. The molecular weight excluding hydrogens is 823 g/mol. The van der Waals surface area contributed by atoms with Crippen molar-refractivity contribution < 1.29 is 4.42 Å². The average molecular weight is 874 g/mol. The van der Waals surface area contributed by atoms with Gasteiger partial charge in [0.25, 0.3) is 0 Å². The van der Waals surface area contributed by atoms with Gasteiger partial charge in [-0.2, -0.15) is 0 Å². The molecule has 0 radical (unpaired) electrons. The van der Waals surface area contributed by atoms with Crippen LogP contribution in [-0.4, -0.2) is 0 Å². The highest BCUT2D eigenvalue weighted by atomic mass is 16.3. The van der Waals surface area contributed by atoms with Crippen molar-refractivity contribution in [1.29, 1.82) is 0 Å². The average Bonchev–Trinajstić information content (AvgIpc) is 3.96. The molecule has 11 aromatic rings. The Balaban J connectivity index is 0.901. The predicted molar refractivity (Wildman–Crippen MR) is 285 cm³/mol. The van der Waals surface area contributed by atoms with Gasteiger partial charge in [-0.25, -0.2) is 0 Å². The van der Waals surface area contributed by atoms with Crippen LogP contribution in [0.25, 0.3) is 66.1 Å². The highest BCUT2D eigenvalue weighted by Crippen LogP contribution is 2.60. The predicted octanol–water partition coefficient (Wildman–Crippen LogP) is 17.9. The molecule has 0 bridgehead atoms. The van der Waals surface area contributed by atoms with E-state index >= 15 is 0 Å². The standard InChI is InChI=1S/C66H51NO/c1-64(2)42-65(3,4)59-41-57-55(40-58(59)64)54-39-47(35-38-56(54)66(57,48-19-7-5-8-20-48)49-21-9-6-10-22-49)45-31-29-43(30-32-45)44-33-36-50(37-34-44)67(60-26-15-18-46-17-11-12-23-51(46)60)61-27-16-25-53-52-24-13-14-28-62(52)68-63(53)61/h5-41H,42H2,1-4H3. The summed E-state index contributed by atoms with van der Waals surface area (Å²) in [7, 11) is 0. The molecule has 13 rings (SSSR count). The molecule has 0 unspecified atom stereocenters. The van der Waals surface area contributed by atoms with Gasteiger partial charge in [-0.1, -0.05) is 210 Å². The Labute approximate surface area is 398 Å². The zero-order chi connectivity index (χ0) is 45.8. The Hall–Kier alpha value is -7.94. The smallest absolute Gasteiger partial charge is 0.159 e. The number of para-hydroxylation sites is 2. The van der Waals surface area contributed by atoms with Crippen LogP contribution in [0.2, 0.25) is 0 Å². The lowest BCUT2D eigenvalue weighted by Gasteiger charge is -2.34. The molecule has 2 aliphatic rings. The highest BCUT2D eigenvalue weighted by Gasteiger charge is 2.50. The van der Waals surface area contributed by atoms with E-state index in [2.05, 4.69) is 251 Å². The lowest BCUT2D eigenvalue weighted by Crippen LogP contribution is -2.29. The van der Waals surface area contributed by atoms with Crippen molar-refractivity contribution in [3.63, 3.8) is 0 Å². The Bertz CT molecular complexity index is 3700. The van der Waals surface area contributed by atoms with Gasteiger partial charge in [0.05, 0.1) is 16.8 Å². The minimum Gasteiger partial charge on any atom is -0.454 e. The lowest BCUT2D eigenvalue weighted by molar-refractivity contribution is 0.403. The second-order valence-corrected chi connectivity index (χ2v) is 20.3. The number of anilines is 3. The van der Waals surface area contributed by atoms with Crippen molar-refractivity contribution in [2.45, 2.75) is 50.4 Å². The molecule has 0 aliphatic heterocycles. The maximum Gasteiger partial charge on any atom is 0.159 e. The Kier molecular flexibility index (Phi) is 8.92. The number of benzene rings is 10. The molecule has 1 aromatic heterocycles. The van der Waals surface area contributed by atoms with Crippen LogP contribution in [0.3, 0.4) is 0 Å². The minimum atomic E-state index is -0.443. The maximum atomic E-state index is 6.64. The van der Waals surface area contributed by atoms with E-state index in [1.165, 1.54) is 72.0 Å². The first-order valence-electron chi connectivity index (χ1n) is 24.0. The van der Waals surface area contributed by atoms with E-state index in [9.17, 15) is 0 Å². The third kappa shape index (κ3) is 6.03. The summed E-state index contributed by atoms with van der Waals surface area (Å²) in [6.07, 6.45) is 1.13. The van der Waals surface area contributed by atoms with Gasteiger partial charge in [0.1, 0.15) is 5.58 Å². The SMILES string of the molecule is CC1(C)CC(C)(C)c2cc3c(cc21)-c1cc(-c2ccc(-c4ccc(N(c5cccc6ccccc56)c5cccc6c5oc5ccccc56)cc4)cc2)ccc1C3(c1ccccc1)c1ccccc1. The highest BCUT2D eigenvalue weighted by molar-refractivity contribution is 6.11. The number of hydrogen-bond acceptors (Lipinski definition) is 2. The van der Waals surface area contributed by atoms with Gasteiger partial charge in [0.15, 0.2) is 5.58 Å². The topological polar surface area (TPSA) is 16.4 Å². The van der Waals surface area contributed by atoms with E-state index in [4.69, 9.17) is 4.42 Å². The van der Waals surface area contributed by atoms with Gasteiger partial charge in [-0.05, 0) is 132 Å². The number of rotatable bonds is 7.